The van der Waals surface area contributed by atoms with Crippen LogP contribution in [0.1, 0.15) is 59.3 Å². The average molecular weight is 535 g/mol. The Balaban J connectivity index is 1.21. The number of hydrogen-bond acceptors (Lipinski definition) is 6. The van der Waals surface area contributed by atoms with E-state index >= 15 is 0 Å². The molecular weight excluding hydrogens is 501 g/mol. The number of methoxy groups -OCH3 is 1. The highest BCUT2D eigenvalue weighted by atomic mass is 19.4. The Hall–Kier alpha value is -3.02. The van der Waals surface area contributed by atoms with Crippen molar-refractivity contribution in [3.8, 4) is 0 Å². The summed E-state index contributed by atoms with van der Waals surface area (Å²) in [5.74, 6) is -1.13. The van der Waals surface area contributed by atoms with E-state index in [4.69, 9.17) is 4.74 Å². The van der Waals surface area contributed by atoms with E-state index in [2.05, 4.69) is 20.5 Å². The van der Waals surface area contributed by atoms with E-state index in [9.17, 15) is 27.9 Å². The first-order chi connectivity index (χ1) is 18.1. The van der Waals surface area contributed by atoms with Gasteiger partial charge in [0.1, 0.15) is 5.60 Å². The van der Waals surface area contributed by atoms with Gasteiger partial charge in [-0.1, -0.05) is 12.1 Å². The number of amides is 2. The number of pyridine rings is 1. The molecule has 1 saturated carbocycles. The van der Waals surface area contributed by atoms with E-state index in [1.165, 1.54) is 6.07 Å². The van der Waals surface area contributed by atoms with Gasteiger partial charge in [0.05, 0.1) is 24.4 Å². The average Bonchev–Trinajstić information content (AvgIpc) is 3.36. The summed E-state index contributed by atoms with van der Waals surface area (Å²) >= 11 is 0. The molecular formula is C27H33F3N4O4. The molecule has 2 aliphatic rings. The van der Waals surface area contributed by atoms with Crippen molar-refractivity contribution in [2.75, 3.05) is 26.7 Å². The lowest BCUT2D eigenvalue weighted by atomic mass is 9.79. The molecule has 0 bridgehead atoms. The van der Waals surface area contributed by atoms with Crippen molar-refractivity contribution >= 4 is 11.8 Å². The number of nitrogens with one attached hydrogen (secondary N) is 2. The number of alkyl halides is 3. The van der Waals surface area contributed by atoms with E-state index in [1.54, 1.807) is 13.3 Å². The molecule has 1 aromatic heterocycles. The first-order valence-electron chi connectivity index (χ1n) is 12.7. The Morgan fingerprint density at radius 3 is 2.61 bits per heavy atom. The van der Waals surface area contributed by atoms with E-state index < -0.39 is 29.2 Å². The number of hydrogen-bond donors (Lipinski definition) is 3. The van der Waals surface area contributed by atoms with Gasteiger partial charge < -0.3 is 20.5 Å². The minimum absolute atomic E-state index is 0.0798. The topological polar surface area (TPSA) is 104 Å². The summed E-state index contributed by atoms with van der Waals surface area (Å²) in [6, 6.07) is 8.09. The summed E-state index contributed by atoms with van der Waals surface area (Å²) < 4.78 is 43.7. The van der Waals surface area contributed by atoms with Gasteiger partial charge in [-0.15, -0.1) is 0 Å². The molecule has 1 aliphatic carbocycles. The van der Waals surface area contributed by atoms with Crippen molar-refractivity contribution in [2.45, 2.75) is 62.6 Å². The van der Waals surface area contributed by atoms with Crippen LogP contribution in [0.25, 0.3) is 0 Å². The molecule has 0 unspecified atom stereocenters. The second-order valence-electron chi connectivity index (χ2n) is 10.1. The van der Waals surface area contributed by atoms with E-state index in [0.29, 0.717) is 37.7 Å². The number of carbonyl (C=O) groups is 2. The Morgan fingerprint density at radius 1 is 1.18 bits per heavy atom. The van der Waals surface area contributed by atoms with E-state index in [-0.39, 0.29) is 18.2 Å². The quantitative estimate of drug-likeness (QED) is 0.481. The summed E-state index contributed by atoms with van der Waals surface area (Å²) in [7, 11) is 1.62. The smallest absolute Gasteiger partial charge is 0.384 e. The van der Waals surface area contributed by atoms with Crippen LogP contribution in [-0.2, 0) is 27.9 Å². The van der Waals surface area contributed by atoms with Gasteiger partial charge in [-0.3, -0.25) is 19.5 Å². The number of nitrogens with zero attached hydrogens (tertiary/aromatic N) is 2. The molecule has 206 valence electrons. The number of aromatic nitrogens is 1. The van der Waals surface area contributed by atoms with Gasteiger partial charge in [-0.05, 0) is 61.9 Å². The molecule has 1 saturated heterocycles. The van der Waals surface area contributed by atoms with E-state index in [1.807, 2.05) is 12.1 Å². The fourth-order valence-electron chi connectivity index (χ4n) is 5.27. The molecule has 0 spiro atoms. The van der Waals surface area contributed by atoms with Crippen LogP contribution in [-0.4, -0.2) is 65.6 Å². The van der Waals surface area contributed by atoms with Gasteiger partial charge in [0.25, 0.3) is 5.91 Å². The predicted octanol–water partition coefficient (Wildman–Crippen LogP) is 3.00. The molecule has 2 heterocycles. The molecule has 1 aromatic carbocycles. The van der Waals surface area contributed by atoms with Gasteiger partial charge in [-0.2, -0.15) is 13.2 Å². The summed E-state index contributed by atoms with van der Waals surface area (Å²) in [6.45, 7) is 1.63. The summed E-state index contributed by atoms with van der Waals surface area (Å²) in [6.07, 6.45) is 0.769. The van der Waals surface area contributed by atoms with Crippen LogP contribution in [0.5, 0.6) is 0 Å². The second kappa shape index (κ2) is 11.8. The summed E-state index contributed by atoms with van der Waals surface area (Å²) in [4.78, 5) is 31.4. The SMILES string of the molecule is COCc1ccc([C@]2(O)CC[C@@H](N3CC[C@@H](NC(=O)CNC(=O)c4cccc(C(F)(F)F)c4)C3)CC2)nc1. The molecule has 3 N–H and O–H groups in total. The lowest BCUT2D eigenvalue weighted by Gasteiger charge is -2.39. The Labute approximate surface area is 219 Å². The molecule has 4 rings (SSSR count). The van der Waals surface area contributed by atoms with Gasteiger partial charge in [0.2, 0.25) is 5.91 Å². The van der Waals surface area contributed by atoms with Gasteiger partial charge in [-0.25, -0.2) is 0 Å². The molecule has 1 atom stereocenters. The van der Waals surface area contributed by atoms with Crippen LogP contribution in [0.15, 0.2) is 42.6 Å². The van der Waals surface area contributed by atoms with Crippen LogP contribution in [0.3, 0.4) is 0 Å². The number of ether oxygens (including phenoxy) is 1. The van der Waals surface area contributed by atoms with Gasteiger partial charge in [0, 0.05) is 44.0 Å². The molecule has 2 fully saturated rings. The zero-order chi connectivity index (χ0) is 27.3. The first kappa shape index (κ1) is 28.0. The lowest BCUT2D eigenvalue weighted by molar-refractivity contribution is -0.137. The predicted molar refractivity (Wildman–Crippen MR) is 133 cm³/mol. The maximum atomic E-state index is 12.9. The van der Waals surface area contributed by atoms with Gasteiger partial charge >= 0.3 is 6.18 Å². The van der Waals surface area contributed by atoms with Crippen LogP contribution in [0.4, 0.5) is 13.2 Å². The normalized spacial score (nSPS) is 24.2. The third-order valence-electron chi connectivity index (χ3n) is 7.36. The molecule has 1 aliphatic heterocycles. The Bertz CT molecular complexity index is 1120. The third-order valence-corrected chi connectivity index (χ3v) is 7.36. The van der Waals surface area contributed by atoms with Crippen molar-refractivity contribution in [2.24, 2.45) is 0 Å². The van der Waals surface area contributed by atoms with Crippen molar-refractivity contribution in [1.82, 2.24) is 20.5 Å². The van der Waals surface area contributed by atoms with Crippen LogP contribution in [0, 0.1) is 0 Å². The maximum Gasteiger partial charge on any atom is 0.416 e. The first-order valence-corrected chi connectivity index (χ1v) is 12.7. The maximum absolute atomic E-state index is 12.9. The highest BCUT2D eigenvalue weighted by Crippen LogP contribution is 2.38. The molecule has 8 nitrogen and oxygen atoms in total. The number of likely N-dealkylation sites (tertiary alicyclic amines) is 1. The molecule has 2 amide bonds. The van der Waals surface area contributed by atoms with Gasteiger partial charge in [0.15, 0.2) is 0 Å². The Morgan fingerprint density at radius 2 is 1.95 bits per heavy atom. The number of carbonyl (C=O) groups excluding carboxylic acids is 2. The minimum atomic E-state index is -4.55. The fraction of sp³-hybridized carbons (Fsp3) is 0.519. The van der Waals surface area contributed by atoms with Crippen molar-refractivity contribution < 1.29 is 32.6 Å². The number of aliphatic hydroxyl groups is 1. The summed E-state index contributed by atoms with van der Waals surface area (Å²) in [5.41, 5.74) is -0.396. The van der Waals surface area contributed by atoms with Crippen LogP contribution >= 0.6 is 0 Å². The number of rotatable bonds is 8. The van der Waals surface area contributed by atoms with Crippen molar-refractivity contribution in [3.63, 3.8) is 0 Å². The lowest BCUT2D eigenvalue weighted by Crippen LogP contribution is -2.45. The largest absolute Gasteiger partial charge is 0.416 e. The highest BCUT2D eigenvalue weighted by Gasteiger charge is 2.39. The number of benzene rings is 1. The van der Waals surface area contributed by atoms with Crippen molar-refractivity contribution in [1.29, 1.82) is 0 Å². The molecule has 11 heteroatoms. The zero-order valence-corrected chi connectivity index (χ0v) is 21.3. The van der Waals surface area contributed by atoms with Crippen molar-refractivity contribution in [3.05, 3.63) is 65.0 Å². The number of halogens is 3. The summed E-state index contributed by atoms with van der Waals surface area (Å²) in [5, 5.41) is 16.5. The fourth-order valence-corrected chi connectivity index (χ4v) is 5.27. The standard InChI is InChI=1S/C27H33F3N4O4/c1-38-17-18-5-6-23(31-14-18)26(37)10-7-22(8-11-26)34-12-9-21(16-34)33-24(35)15-32-25(36)19-3-2-4-20(13-19)27(28,29)30/h2-6,13-14,21-22,37H,7-12,15-17H2,1H3,(H,32,36)(H,33,35)/t21-,22-,26+/m1/s1. The van der Waals surface area contributed by atoms with Crippen LogP contribution < -0.4 is 10.6 Å². The molecule has 38 heavy (non-hydrogen) atoms. The monoisotopic (exact) mass is 534 g/mol. The minimum Gasteiger partial charge on any atom is -0.384 e. The second-order valence-corrected chi connectivity index (χ2v) is 10.1. The molecule has 2 aromatic rings. The highest BCUT2D eigenvalue weighted by molar-refractivity contribution is 5.96. The molecule has 0 radical (unpaired) electrons. The third kappa shape index (κ3) is 6.89. The van der Waals surface area contributed by atoms with Crippen LogP contribution in [0.2, 0.25) is 0 Å². The zero-order valence-electron chi connectivity index (χ0n) is 21.3. The van der Waals surface area contributed by atoms with E-state index in [0.717, 1.165) is 49.6 Å². The Kier molecular flexibility index (Phi) is 8.69.